The fourth-order valence-electron chi connectivity index (χ4n) is 4.04. The first-order valence-electron chi connectivity index (χ1n) is 11.0. The van der Waals surface area contributed by atoms with Gasteiger partial charge in [-0.3, -0.25) is 24.6 Å². The molecule has 4 aromatic rings. The molecule has 5 rings (SSSR count). The standard InChI is InChI=1S/C25H19F3N4O4/c26-25(27,28)17-7-8-20-19(12-17)29-24(31(20)14-18-2-1-11-36-18)30-23(35)16-5-3-15(4-6-16)13-32-21(33)9-10-22(32)34/h1-8,11-12H,9-10,13-14H2,(H,29,30,35). The van der Waals surface area contributed by atoms with E-state index in [4.69, 9.17) is 4.42 Å². The van der Waals surface area contributed by atoms with E-state index in [9.17, 15) is 27.6 Å². The lowest BCUT2D eigenvalue weighted by Gasteiger charge is -2.14. The van der Waals surface area contributed by atoms with Crippen LogP contribution in [-0.4, -0.2) is 32.2 Å². The number of nitrogens with zero attached hydrogens (tertiary/aromatic N) is 3. The number of amides is 3. The molecule has 1 saturated heterocycles. The Balaban J connectivity index is 1.40. The highest BCUT2D eigenvalue weighted by Crippen LogP contribution is 2.32. The minimum atomic E-state index is -4.53. The van der Waals surface area contributed by atoms with Gasteiger partial charge in [0, 0.05) is 18.4 Å². The molecule has 1 aliphatic heterocycles. The second-order valence-electron chi connectivity index (χ2n) is 8.33. The lowest BCUT2D eigenvalue weighted by molar-refractivity contribution is -0.139. The molecule has 2 aromatic carbocycles. The quantitative estimate of drug-likeness (QED) is 0.394. The zero-order valence-electron chi connectivity index (χ0n) is 18.7. The molecule has 0 radical (unpaired) electrons. The fraction of sp³-hybridized carbons (Fsp3) is 0.200. The van der Waals surface area contributed by atoms with Gasteiger partial charge in [-0.15, -0.1) is 0 Å². The monoisotopic (exact) mass is 496 g/mol. The Morgan fingerprint density at radius 3 is 2.36 bits per heavy atom. The summed E-state index contributed by atoms with van der Waals surface area (Å²) in [4.78, 5) is 42.0. The number of aromatic nitrogens is 2. The summed E-state index contributed by atoms with van der Waals surface area (Å²) in [6.45, 7) is 0.265. The second kappa shape index (κ2) is 8.99. The van der Waals surface area contributed by atoms with Crippen LogP contribution in [0.1, 0.15) is 40.1 Å². The van der Waals surface area contributed by atoms with E-state index in [0.29, 0.717) is 16.8 Å². The summed E-state index contributed by atoms with van der Waals surface area (Å²) in [6.07, 6.45) is -2.67. The Morgan fingerprint density at radius 2 is 1.72 bits per heavy atom. The lowest BCUT2D eigenvalue weighted by atomic mass is 10.1. The van der Waals surface area contributed by atoms with E-state index in [1.54, 1.807) is 28.8 Å². The number of anilines is 1. The van der Waals surface area contributed by atoms with Crippen molar-refractivity contribution in [3.8, 4) is 0 Å². The smallest absolute Gasteiger partial charge is 0.416 e. The Kier molecular flexibility index (Phi) is 5.83. The van der Waals surface area contributed by atoms with Crippen molar-refractivity contribution in [2.45, 2.75) is 32.1 Å². The van der Waals surface area contributed by atoms with Crippen LogP contribution in [0.4, 0.5) is 19.1 Å². The molecule has 3 heterocycles. The first-order valence-corrected chi connectivity index (χ1v) is 11.0. The number of nitrogens with one attached hydrogen (secondary N) is 1. The van der Waals surface area contributed by atoms with E-state index < -0.39 is 17.6 Å². The molecule has 11 heteroatoms. The van der Waals surface area contributed by atoms with Crippen LogP contribution in [0.3, 0.4) is 0 Å². The number of furan rings is 1. The van der Waals surface area contributed by atoms with Crippen LogP contribution in [-0.2, 0) is 28.9 Å². The highest BCUT2D eigenvalue weighted by Gasteiger charge is 2.31. The maximum atomic E-state index is 13.2. The van der Waals surface area contributed by atoms with Crippen molar-refractivity contribution < 1.29 is 32.0 Å². The van der Waals surface area contributed by atoms with Gasteiger partial charge >= 0.3 is 6.18 Å². The predicted octanol–water partition coefficient (Wildman–Crippen LogP) is 4.60. The summed E-state index contributed by atoms with van der Waals surface area (Å²) in [5, 5.41) is 2.66. The topological polar surface area (TPSA) is 97.4 Å². The number of hydrogen-bond donors (Lipinski definition) is 1. The number of alkyl halides is 3. The third-order valence-electron chi connectivity index (χ3n) is 5.91. The zero-order chi connectivity index (χ0) is 25.4. The molecule has 1 aliphatic rings. The van der Waals surface area contributed by atoms with E-state index in [0.717, 1.165) is 12.1 Å². The number of halogens is 3. The van der Waals surface area contributed by atoms with Gasteiger partial charge in [0.2, 0.25) is 17.8 Å². The molecule has 8 nitrogen and oxygen atoms in total. The van der Waals surface area contributed by atoms with Crippen LogP contribution in [0.15, 0.2) is 65.3 Å². The first-order chi connectivity index (χ1) is 17.2. The minimum Gasteiger partial charge on any atom is -0.467 e. The van der Waals surface area contributed by atoms with Gasteiger partial charge in [0.05, 0.1) is 35.9 Å². The molecule has 1 N–H and O–H groups in total. The SMILES string of the molecule is O=C(Nc1nc2cc(C(F)(F)F)ccc2n1Cc1ccco1)c1ccc(CN2C(=O)CCC2=O)cc1. The maximum Gasteiger partial charge on any atom is 0.416 e. The van der Waals surface area contributed by atoms with E-state index in [1.807, 2.05) is 0 Å². The number of imide groups is 1. The van der Waals surface area contributed by atoms with Crippen LogP contribution in [0.5, 0.6) is 0 Å². The van der Waals surface area contributed by atoms with Gasteiger partial charge in [0.15, 0.2) is 0 Å². The van der Waals surface area contributed by atoms with Crippen molar-refractivity contribution in [2.75, 3.05) is 5.32 Å². The predicted molar refractivity (Wildman–Crippen MR) is 122 cm³/mol. The number of fused-ring (bicyclic) bond motifs is 1. The van der Waals surface area contributed by atoms with E-state index in [2.05, 4.69) is 10.3 Å². The van der Waals surface area contributed by atoms with Crippen LogP contribution in [0.2, 0.25) is 0 Å². The molecule has 0 aliphatic carbocycles. The minimum absolute atomic E-state index is 0.0584. The van der Waals surface area contributed by atoms with E-state index in [-0.39, 0.29) is 54.8 Å². The first kappa shape index (κ1) is 23.3. The van der Waals surface area contributed by atoms with Crippen LogP contribution in [0.25, 0.3) is 11.0 Å². The number of imidazole rings is 1. The highest BCUT2D eigenvalue weighted by atomic mass is 19.4. The summed E-state index contributed by atoms with van der Waals surface area (Å²) in [5.74, 6) is -0.401. The van der Waals surface area contributed by atoms with Crippen LogP contribution < -0.4 is 5.32 Å². The molecule has 0 spiro atoms. The third kappa shape index (κ3) is 4.59. The molecular weight excluding hydrogens is 477 g/mol. The molecule has 0 saturated carbocycles. The number of carbonyl (C=O) groups excluding carboxylic acids is 3. The average molecular weight is 496 g/mol. The number of likely N-dealkylation sites (tertiary alicyclic amines) is 1. The Bertz CT molecular complexity index is 1440. The van der Waals surface area contributed by atoms with Gasteiger partial charge in [-0.05, 0) is 48.0 Å². The van der Waals surface area contributed by atoms with Gasteiger partial charge < -0.3 is 8.98 Å². The molecule has 1 fully saturated rings. The summed E-state index contributed by atoms with van der Waals surface area (Å²) in [6, 6.07) is 12.9. The molecule has 3 amide bonds. The molecule has 2 aromatic heterocycles. The van der Waals surface area contributed by atoms with Gasteiger partial charge in [-0.25, -0.2) is 4.98 Å². The van der Waals surface area contributed by atoms with E-state index in [1.165, 1.54) is 29.4 Å². The Labute approximate surface area is 202 Å². The van der Waals surface area contributed by atoms with Crippen molar-refractivity contribution in [3.63, 3.8) is 0 Å². The van der Waals surface area contributed by atoms with Gasteiger partial charge in [0.25, 0.3) is 5.91 Å². The molecule has 184 valence electrons. The van der Waals surface area contributed by atoms with Crippen LogP contribution in [0, 0.1) is 0 Å². The van der Waals surface area contributed by atoms with Gasteiger partial charge in [-0.2, -0.15) is 13.2 Å². The summed E-state index contributed by atoms with van der Waals surface area (Å²) >= 11 is 0. The average Bonchev–Trinajstić information content (AvgIpc) is 3.56. The summed E-state index contributed by atoms with van der Waals surface area (Å²) < 4.78 is 46.5. The largest absolute Gasteiger partial charge is 0.467 e. The van der Waals surface area contributed by atoms with Crippen molar-refractivity contribution in [2.24, 2.45) is 0 Å². The number of benzene rings is 2. The maximum absolute atomic E-state index is 13.2. The third-order valence-corrected chi connectivity index (χ3v) is 5.91. The molecular formula is C25H19F3N4O4. The fourth-order valence-corrected chi connectivity index (χ4v) is 4.04. The summed E-state index contributed by atoms with van der Waals surface area (Å²) in [5.41, 5.74) is 0.568. The molecule has 36 heavy (non-hydrogen) atoms. The Morgan fingerprint density at radius 1 is 1.00 bits per heavy atom. The lowest BCUT2D eigenvalue weighted by Crippen LogP contribution is -2.28. The van der Waals surface area contributed by atoms with Gasteiger partial charge in [-0.1, -0.05) is 12.1 Å². The molecule has 0 bridgehead atoms. The normalized spacial score (nSPS) is 14.1. The van der Waals surface area contributed by atoms with Gasteiger partial charge in [0.1, 0.15) is 5.76 Å². The number of hydrogen-bond acceptors (Lipinski definition) is 5. The zero-order valence-corrected chi connectivity index (χ0v) is 18.7. The number of rotatable bonds is 6. The van der Waals surface area contributed by atoms with Crippen molar-refractivity contribution in [1.82, 2.24) is 14.5 Å². The van der Waals surface area contributed by atoms with Crippen molar-refractivity contribution in [1.29, 1.82) is 0 Å². The van der Waals surface area contributed by atoms with Crippen molar-refractivity contribution in [3.05, 3.63) is 83.3 Å². The number of carbonyl (C=O) groups is 3. The summed E-state index contributed by atoms with van der Waals surface area (Å²) in [7, 11) is 0. The molecule has 0 atom stereocenters. The highest BCUT2D eigenvalue weighted by molar-refractivity contribution is 6.04. The van der Waals surface area contributed by atoms with Crippen molar-refractivity contribution >= 4 is 34.7 Å². The van der Waals surface area contributed by atoms with E-state index >= 15 is 0 Å². The molecule has 0 unspecified atom stereocenters. The second-order valence-corrected chi connectivity index (χ2v) is 8.33. The van der Waals surface area contributed by atoms with Crippen LogP contribution >= 0.6 is 0 Å². The Hall–Kier alpha value is -4.41.